The fraction of sp³-hybridized carbons (Fsp3) is 0.867. The summed E-state index contributed by atoms with van der Waals surface area (Å²) in [5.74, 6) is 0.458. The van der Waals surface area contributed by atoms with Crippen LogP contribution in [0.25, 0.3) is 0 Å². The van der Waals surface area contributed by atoms with Gasteiger partial charge in [0.2, 0.25) is 0 Å². The van der Waals surface area contributed by atoms with E-state index in [1.807, 2.05) is 11.8 Å². The Morgan fingerprint density at radius 2 is 1.20 bits per heavy atom. The van der Waals surface area contributed by atoms with Gasteiger partial charge in [-0.2, -0.15) is 0 Å². The molecule has 0 unspecified atom stereocenters. The maximum Gasteiger partial charge on any atom is 0.529 e. The Hall–Kier alpha value is 0.127. The SMILES string of the molecule is CCCCO[Si](/C=C/CCl)(OCCCC)OCCCC. The van der Waals surface area contributed by atoms with E-state index in [4.69, 9.17) is 24.9 Å². The number of hydrogen-bond donors (Lipinski definition) is 0. The van der Waals surface area contributed by atoms with E-state index < -0.39 is 8.80 Å². The number of hydrogen-bond acceptors (Lipinski definition) is 3. The maximum absolute atomic E-state index is 6.01. The lowest BCUT2D eigenvalue weighted by Gasteiger charge is -2.27. The molecule has 5 heteroatoms. The van der Waals surface area contributed by atoms with Crippen molar-refractivity contribution in [1.82, 2.24) is 0 Å². The quantitative estimate of drug-likeness (QED) is 0.263. The zero-order chi connectivity index (χ0) is 15.1. The molecule has 0 radical (unpaired) electrons. The summed E-state index contributed by atoms with van der Waals surface area (Å²) >= 11 is 5.76. The molecule has 0 aromatic rings. The van der Waals surface area contributed by atoms with E-state index in [0.29, 0.717) is 25.7 Å². The van der Waals surface area contributed by atoms with Crippen LogP contribution in [0.2, 0.25) is 0 Å². The predicted molar refractivity (Wildman–Crippen MR) is 88.2 cm³/mol. The minimum atomic E-state index is -2.69. The molecule has 0 aromatic carbocycles. The Kier molecular flexibility index (Phi) is 14.2. The van der Waals surface area contributed by atoms with Crippen LogP contribution in [0, 0.1) is 0 Å². The van der Waals surface area contributed by atoms with Gasteiger partial charge in [0.05, 0.1) is 0 Å². The van der Waals surface area contributed by atoms with Crippen molar-refractivity contribution in [3.05, 3.63) is 11.8 Å². The van der Waals surface area contributed by atoms with Crippen LogP contribution in [0.15, 0.2) is 11.8 Å². The lowest BCUT2D eigenvalue weighted by atomic mass is 10.4. The van der Waals surface area contributed by atoms with Crippen LogP contribution in [-0.4, -0.2) is 34.5 Å². The molecule has 0 aliphatic heterocycles. The van der Waals surface area contributed by atoms with Gasteiger partial charge < -0.3 is 13.3 Å². The molecule has 0 bridgehead atoms. The van der Waals surface area contributed by atoms with Crippen LogP contribution < -0.4 is 0 Å². The zero-order valence-electron chi connectivity index (χ0n) is 13.3. The van der Waals surface area contributed by atoms with E-state index in [1.54, 1.807) is 0 Å². The maximum atomic E-state index is 6.01. The third kappa shape index (κ3) is 9.94. The molecule has 0 rings (SSSR count). The van der Waals surface area contributed by atoms with E-state index in [-0.39, 0.29) is 0 Å². The second-order valence-electron chi connectivity index (χ2n) is 4.77. The summed E-state index contributed by atoms with van der Waals surface area (Å²) in [5.41, 5.74) is 1.95. The molecule has 3 nitrogen and oxygen atoms in total. The third-order valence-electron chi connectivity index (χ3n) is 2.81. The molecule has 0 atom stereocenters. The molecule has 0 aliphatic rings. The van der Waals surface area contributed by atoms with E-state index in [0.717, 1.165) is 38.5 Å². The van der Waals surface area contributed by atoms with Gasteiger partial charge in [-0.15, -0.1) is 11.6 Å². The van der Waals surface area contributed by atoms with Crippen molar-refractivity contribution >= 4 is 20.4 Å². The second kappa shape index (κ2) is 14.1. The average Bonchev–Trinajstić information content (AvgIpc) is 2.46. The Morgan fingerprint density at radius 1 is 0.800 bits per heavy atom. The van der Waals surface area contributed by atoms with Gasteiger partial charge in [-0.3, -0.25) is 0 Å². The lowest BCUT2D eigenvalue weighted by molar-refractivity contribution is 0.0684. The summed E-state index contributed by atoms with van der Waals surface area (Å²) < 4.78 is 18.0. The largest absolute Gasteiger partial charge is 0.529 e. The van der Waals surface area contributed by atoms with Crippen LogP contribution in [-0.2, 0) is 13.3 Å². The van der Waals surface area contributed by atoms with E-state index in [9.17, 15) is 0 Å². The van der Waals surface area contributed by atoms with E-state index in [2.05, 4.69) is 20.8 Å². The molecular weight excluding hydrogens is 292 g/mol. The summed E-state index contributed by atoms with van der Waals surface area (Å²) in [7, 11) is -2.69. The molecule has 0 heterocycles. The highest BCUT2D eigenvalue weighted by molar-refractivity contribution is 6.66. The van der Waals surface area contributed by atoms with Crippen molar-refractivity contribution in [3.63, 3.8) is 0 Å². The lowest BCUT2D eigenvalue weighted by Crippen LogP contribution is -2.45. The van der Waals surface area contributed by atoms with E-state index in [1.165, 1.54) is 0 Å². The van der Waals surface area contributed by atoms with Crippen LogP contribution in [0.1, 0.15) is 59.3 Å². The molecule has 20 heavy (non-hydrogen) atoms. The van der Waals surface area contributed by atoms with Crippen molar-refractivity contribution in [1.29, 1.82) is 0 Å². The topological polar surface area (TPSA) is 27.7 Å². The van der Waals surface area contributed by atoms with Gasteiger partial charge in [0.1, 0.15) is 0 Å². The molecule has 0 aliphatic carbocycles. The van der Waals surface area contributed by atoms with Crippen molar-refractivity contribution in [2.75, 3.05) is 25.7 Å². The van der Waals surface area contributed by atoms with Crippen molar-refractivity contribution in [2.24, 2.45) is 0 Å². The van der Waals surface area contributed by atoms with Crippen LogP contribution >= 0.6 is 11.6 Å². The summed E-state index contributed by atoms with van der Waals surface area (Å²) in [5, 5.41) is 0. The van der Waals surface area contributed by atoms with Gasteiger partial charge in [0.25, 0.3) is 0 Å². The first kappa shape index (κ1) is 20.1. The highest BCUT2D eigenvalue weighted by atomic mass is 35.5. The minimum absolute atomic E-state index is 0.458. The van der Waals surface area contributed by atoms with Gasteiger partial charge in [0, 0.05) is 25.7 Å². The zero-order valence-corrected chi connectivity index (χ0v) is 15.1. The standard InChI is InChI=1S/C15H31ClO3Si/c1-4-7-12-17-20(15-10-11-16,18-13-8-5-2)19-14-9-6-3/h10,15H,4-9,11-14H2,1-3H3/b15-10+. The Morgan fingerprint density at radius 3 is 1.50 bits per heavy atom. The molecule has 0 fully saturated rings. The molecule has 0 N–H and O–H groups in total. The summed E-state index contributed by atoms with van der Waals surface area (Å²) in [6.45, 7) is 8.51. The number of unbranched alkanes of at least 4 members (excludes halogenated alkanes) is 3. The fourth-order valence-electron chi connectivity index (χ4n) is 1.53. The Bertz CT molecular complexity index is 211. The first-order chi connectivity index (χ1) is 9.74. The Labute approximate surface area is 131 Å². The van der Waals surface area contributed by atoms with Crippen LogP contribution in [0.3, 0.4) is 0 Å². The number of rotatable bonds is 14. The van der Waals surface area contributed by atoms with Gasteiger partial charge in [0.15, 0.2) is 0 Å². The number of halogens is 1. The smallest absolute Gasteiger partial charge is 0.370 e. The van der Waals surface area contributed by atoms with Crippen LogP contribution in [0.4, 0.5) is 0 Å². The highest BCUT2D eigenvalue weighted by Crippen LogP contribution is 2.15. The molecule has 120 valence electrons. The average molecular weight is 323 g/mol. The minimum Gasteiger partial charge on any atom is -0.370 e. The molecule has 0 saturated carbocycles. The number of allylic oxidation sites excluding steroid dienone is 1. The highest BCUT2D eigenvalue weighted by Gasteiger charge is 2.38. The van der Waals surface area contributed by atoms with Gasteiger partial charge in [-0.25, -0.2) is 0 Å². The molecule has 0 amide bonds. The monoisotopic (exact) mass is 322 g/mol. The third-order valence-corrected chi connectivity index (χ3v) is 5.46. The molecule has 0 aromatic heterocycles. The van der Waals surface area contributed by atoms with Gasteiger partial charge in [-0.05, 0) is 25.0 Å². The van der Waals surface area contributed by atoms with Crippen molar-refractivity contribution < 1.29 is 13.3 Å². The second-order valence-corrected chi connectivity index (χ2v) is 7.48. The number of alkyl halides is 1. The first-order valence-corrected chi connectivity index (χ1v) is 10.2. The summed E-state index contributed by atoms with van der Waals surface area (Å²) in [4.78, 5) is 0. The molecular formula is C15H31ClO3Si. The molecule has 0 spiro atoms. The summed E-state index contributed by atoms with van der Waals surface area (Å²) in [6.07, 6.45) is 8.28. The van der Waals surface area contributed by atoms with Gasteiger partial charge >= 0.3 is 8.80 Å². The summed E-state index contributed by atoms with van der Waals surface area (Å²) in [6, 6.07) is 0. The van der Waals surface area contributed by atoms with E-state index >= 15 is 0 Å². The Balaban J connectivity index is 4.61. The first-order valence-electron chi connectivity index (χ1n) is 7.90. The van der Waals surface area contributed by atoms with Crippen LogP contribution in [0.5, 0.6) is 0 Å². The van der Waals surface area contributed by atoms with Crippen molar-refractivity contribution in [3.8, 4) is 0 Å². The van der Waals surface area contributed by atoms with Crippen molar-refractivity contribution in [2.45, 2.75) is 59.3 Å². The van der Waals surface area contributed by atoms with Gasteiger partial charge in [-0.1, -0.05) is 46.1 Å². The fourth-order valence-corrected chi connectivity index (χ4v) is 4.00. The normalized spacial score (nSPS) is 12.4. The predicted octanol–water partition coefficient (Wildman–Crippen LogP) is 4.71. The molecule has 0 saturated heterocycles.